The maximum absolute atomic E-state index is 12.5. The predicted molar refractivity (Wildman–Crippen MR) is 88.2 cm³/mol. The lowest BCUT2D eigenvalue weighted by molar-refractivity contribution is -0.137. The minimum absolute atomic E-state index is 0.214. The minimum atomic E-state index is -0.512. The van der Waals surface area contributed by atoms with Gasteiger partial charge in [0.25, 0.3) is 0 Å². The Hall–Kier alpha value is -2.41. The molecule has 0 saturated carbocycles. The van der Waals surface area contributed by atoms with Gasteiger partial charge in [0, 0.05) is 11.6 Å². The third kappa shape index (κ3) is 2.68. The van der Waals surface area contributed by atoms with Crippen molar-refractivity contribution in [2.24, 2.45) is 5.92 Å². The van der Waals surface area contributed by atoms with Crippen molar-refractivity contribution in [3.63, 3.8) is 0 Å². The lowest BCUT2D eigenvalue weighted by atomic mass is 9.74. The summed E-state index contributed by atoms with van der Waals surface area (Å²) in [6.45, 7) is 1.80. The maximum Gasteiger partial charge on any atom is 0.336 e. The van der Waals surface area contributed by atoms with E-state index in [1.165, 1.54) is 7.11 Å². The van der Waals surface area contributed by atoms with Gasteiger partial charge in [0.05, 0.1) is 18.6 Å². The lowest BCUT2D eigenvalue weighted by Gasteiger charge is -2.43. The van der Waals surface area contributed by atoms with E-state index < -0.39 is 17.8 Å². The van der Waals surface area contributed by atoms with Crippen LogP contribution in [0.25, 0.3) is 0 Å². The van der Waals surface area contributed by atoms with E-state index in [0.29, 0.717) is 11.3 Å². The molecule has 3 atom stereocenters. The zero-order valence-electron chi connectivity index (χ0n) is 12.8. The van der Waals surface area contributed by atoms with Crippen LogP contribution < -0.4 is 16.0 Å². The Labute approximate surface area is 139 Å². The summed E-state index contributed by atoms with van der Waals surface area (Å²) in [5, 5.41) is 9.14. The Morgan fingerprint density at radius 2 is 1.91 bits per heavy atom. The number of hydrogen-bond acceptors (Lipinski definition) is 5. The largest absolute Gasteiger partial charge is 0.466 e. The summed E-state index contributed by atoms with van der Waals surface area (Å²) in [5.41, 5.74) is 2.02. The normalized spacial score (nSPS) is 26.6. The molecule has 1 fully saturated rings. The van der Waals surface area contributed by atoms with Crippen LogP contribution in [-0.4, -0.2) is 30.3 Å². The van der Waals surface area contributed by atoms with Gasteiger partial charge in [-0.1, -0.05) is 30.3 Å². The van der Waals surface area contributed by atoms with Gasteiger partial charge < -0.3 is 20.7 Å². The van der Waals surface area contributed by atoms with Gasteiger partial charge in [0.2, 0.25) is 5.91 Å². The van der Waals surface area contributed by atoms with E-state index in [1.807, 2.05) is 30.3 Å². The van der Waals surface area contributed by atoms with Gasteiger partial charge in [-0.3, -0.25) is 4.79 Å². The first kappa shape index (κ1) is 15.5. The molecule has 0 aliphatic carbocycles. The van der Waals surface area contributed by atoms with E-state index in [1.54, 1.807) is 6.92 Å². The monoisotopic (exact) mass is 331 g/mol. The average Bonchev–Trinajstić information content (AvgIpc) is 2.53. The first-order valence-electron chi connectivity index (χ1n) is 7.25. The summed E-state index contributed by atoms with van der Waals surface area (Å²) in [4.78, 5) is 24.8. The number of amides is 1. The number of ether oxygens (including phenoxy) is 1. The number of thiocarbonyl (C=S) groups is 1. The predicted octanol–water partition coefficient (Wildman–Crippen LogP) is 0.767. The van der Waals surface area contributed by atoms with Gasteiger partial charge in [0.1, 0.15) is 6.17 Å². The third-order valence-corrected chi connectivity index (χ3v) is 4.42. The molecule has 0 bridgehead atoms. The molecule has 3 N–H and O–H groups in total. The summed E-state index contributed by atoms with van der Waals surface area (Å²) in [5.74, 6) is -1.58. The highest BCUT2D eigenvalue weighted by atomic mass is 32.1. The first-order chi connectivity index (χ1) is 11.0. The second kappa shape index (κ2) is 6.00. The zero-order chi connectivity index (χ0) is 16.6. The second-order valence-corrected chi connectivity index (χ2v) is 5.94. The third-order valence-electron chi connectivity index (χ3n) is 4.20. The van der Waals surface area contributed by atoms with Crippen LogP contribution in [0.2, 0.25) is 0 Å². The number of esters is 1. The highest BCUT2D eigenvalue weighted by Gasteiger charge is 2.47. The Morgan fingerprint density at radius 3 is 2.57 bits per heavy atom. The molecule has 2 aliphatic heterocycles. The van der Waals surface area contributed by atoms with Gasteiger partial charge in [-0.2, -0.15) is 0 Å². The van der Waals surface area contributed by atoms with Gasteiger partial charge in [-0.05, 0) is 24.7 Å². The molecular weight excluding hydrogens is 314 g/mol. The van der Waals surface area contributed by atoms with Crippen LogP contribution >= 0.6 is 12.2 Å². The van der Waals surface area contributed by atoms with Gasteiger partial charge >= 0.3 is 5.97 Å². The van der Waals surface area contributed by atoms with E-state index in [-0.39, 0.29) is 17.2 Å². The van der Waals surface area contributed by atoms with Crippen LogP contribution in [0, 0.1) is 5.92 Å². The molecule has 1 aromatic rings. The Morgan fingerprint density at radius 1 is 1.22 bits per heavy atom. The topological polar surface area (TPSA) is 79.5 Å². The first-order valence-corrected chi connectivity index (χ1v) is 7.65. The van der Waals surface area contributed by atoms with E-state index in [0.717, 1.165) is 5.56 Å². The number of rotatable bonds is 2. The van der Waals surface area contributed by atoms with Crippen molar-refractivity contribution >= 4 is 29.2 Å². The van der Waals surface area contributed by atoms with Crippen molar-refractivity contribution in [3.05, 3.63) is 47.2 Å². The quantitative estimate of drug-likeness (QED) is 0.549. The van der Waals surface area contributed by atoms with Crippen LogP contribution in [0.3, 0.4) is 0 Å². The molecule has 1 amide bonds. The number of allylic oxidation sites excluding steroid dienone is 1. The number of benzene rings is 1. The van der Waals surface area contributed by atoms with Crippen molar-refractivity contribution in [1.82, 2.24) is 16.0 Å². The van der Waals surface area contributed by atoms with Crippen molar-refractivity contribution in [2.75, 3.05) is 7.11 Å². The minimum Gasteiger partial charge on any atom is -0.466 e. The van der Waals surface area contributed by atoms with Crippen molar-refractivity contribution < 1.29 is 14.3 Å². The summed E-state index contributed by atoms with van der Waals surface area (Å²) in [6.07, 6.45) is -0.366. The van der Waals surface area contributed by atoms with Crippen molar-refractivity contribution in [1.29, 1.82) is 0 Å². The second-order valence-electron chi connectivity index (χ2n) is 5.53. The van der Waals surface area contributed by atoms with Crippen LogP contribution in [0.5, 0.6) is 0 Å². The molecule has 1 aromatic carbocycles. The fraction of sp³-hybridized carbons (Fsp3) is 0.312. The SMILES string of the molecule is COC(=O)C1=C(C)NC2NC(=S)NC(=O)C2C1c1ccccc1. The van der Waals surface area contributed by atoms with Gasteiger partial charge in [-0.15, -0.1) is 0 Å². The molecule has 2 heterocycles. The fourth-order valence-electron chi connectivity index (χ4n) is 3.23. The van der Waals surface area contributed by atoms with Crippen molar-refractivity contribution in [2.45, 2.75) is 19.0 Å². The number of fused-ring (bicyclic) bond motifs is 1. The lowest BCUT2D eigenvalue weighted by Crippen LogP contribution is -2.66. The molecule has 3 unspecified atom stereocenters. The van der Waals surface area contributed by atoms with Crippen LogP contribution in [0.1, 0.15) is 18.4 Å². The summed E-state index contributed by atoms with van der Waals surface area (Å²) < 4.78 is 4.93. The Balaban J connectivity index is 2.14. The number of nitrogens with one attached hydrogen (secondary N) is 3. The summed E-state index contributed by atoms with van der Waals surface area (Å²) in [7, 11) is 1.34. The molecule has 7 heteroatoms. The Bertz CT molecular complexity index is 702. The van der Waals surface area contributed by atoms with E-state index in [2.05, 4.69) is 16.0 Å². The van der Waals surface area contributed by atoms with Crippen LogP contribution in [-0.2, 0) is 14.3 Å². The van der Waals surface area contributed by atoms with E-state index in [4.69, 9.17) is 17.0 Å². The highest BCUT2D eigenvalue weighted by Crippen LogP contribution is 2.39. The molecular formula is C16H17N3O3S. The van der Waals surface area contributed by atoms with Gasteiger partial charge in [0.15, 0.2) is 5.11 Å². The summed E-state index contributed by atoms with van der Waals surface area (Å²) >= 11 is 5.06. The van der Waals surface area contributed by atoms with Crippen LogP contribution in [0.4, 0.5) is 0 Å². The Kier molecular flexibility index (Phi) is 4.04. The number of hydrogen-bond donors (Lipinski definition) is 3. The van der Waals surface area contributed by atoms with E-state index >= 15 is 0 Å². The van der Waals surface area contributed by atoms with Gasteiger partial charge in [-0.25, -0.2) is 4.79 Å². The molecule has 0 spiro atoms. The molecule has 3 rings (SSSR count). The maximum atomic E-state index is 12.5. The fourth-order valence-corrected chi connectivity index (χ4v) is 3.46. The highest BCUT2D eigenvalue weighted by molar-refractivity contribution is 7.80. The smallest absolute Gasteiger partial charge is 0.336 e. The molecule has 120 valence electrons. The molecule has 0 radical (unpaired) electrons. The van der Waals surface area contributed by atoms with Crippen LogP contribution in [0.15, 0.2) is 41.6 Å². The van der Waals surface area contributed by atoms with Crippen molar-refractivity contribution in [3.8, 4) is 0 Å². The number of methoxy groups -OCH3 is 1. The molecule has 2 aliphatic rings. The molecule has 6 nitrogen and oxygen atoms in total. The average molecular weight is 331 g/mol. The van der Waals surface area contributed by atoms with E-state index in [9.17, 15) is 9.59 Å². The number of carbonyl (C=O) groups is 2. The molecule has 1 saturated heterocycles. The summed E-state index contributed by atoms with van der Waals surface area (Å²) in [6, 6.07) is 9.47. The zero-order valence-corrected chi connectivity index (χ0v) is 13.6. The molecule has 0 aromatic heterocycles. The molecule has 23 heavy (non-hydrogen) atoms. The standard InChI is InChI=1S/C16H17N3O3S/c1-8-10(15(21)22-2)11(9-6-4-3-5-7-9)12-13(17-8)18-16(23)19-14(12)20/h3-7,11-13,17H,1-2H3,(H2,18,19,20,23). The number of carbonyl (C=O) groups excluding carboxylic acids is 2.